The Kier molecular flexibility index (Phi) is 7.34. The van der Waals surface area contributed by atoms with E-state index in [0.717, 1.165) is 5.56 Å². The Morgan fingerprint density at radius 2 is 1.82 bits per heavy atom. The van der Waals surface area contributed by atoms with Gasteiger partial charge >= 0.3 is 12.1 Å². The van der Waals surface area contributed by atoms with E-state index < -0.39 is 17.7 Å². The number of carbonyl (C=O) groups excluding carboxylic acids is 2. The zero-order valence-corrected chi connectivity index (χ0v) is 19.8. The summed E-state index contributed by atoms with van der Waals surface area (Å²) in [5.74, 6) is -0.806. The maximum absolute atomic E-state index is 12.9. The first-order valence-electron chi connectivity index (χ1n) is 10.9. The van der Waals surface area contributed by atoms with Gasteiger partial charge in [-0.1, -0.05) is 12.1 Å². The van der Waals surface area contributed by atoms with Gasteiger partial charge in [0.15, 0.2) is 0 Å². The molecule has 0 atom stereocenters. The first-order chi connectivity index (χ1) is 16.0. The molecule has 0 saturated carbocycles. The molecule has 0 aliphatic carbocycles. The summed E-state index contributed by atoms with van der Waals surface area (Å²) in [5, 5.41) is 19.5. The molecule has 2 aromatic rings. The number of likely N-dealkylation sites (tertiary alicyclic amines) is 1. The van der Waals surface area contributed by atoms with Crippen LogP contribution >= 0.6 is 0 Å². The molecule has 0 unspecified atom stereocenters. The van der Waals surface area contributed by atoms with Crippen molar-refractivity contribution in [2.45, 2.75) is 38.8 Å². The molecule has 1 aliphatic heterocycles. The second-order valence-electron chi connectivity index (χ2n) is 9.26. The molecule has 9 heteroatoms. The fourth-order valence-electron chi connectivity index (χ4n) is 3.60. The maximum Gasteiger partial charge on any atom is 0.411 e. The summed E-state index contributed by atoms with van der Waals surface area (Å²) in [5.41, 5.74) is 0.761. The van der Waals surface area contributed by atoms with Crippen molar-refractivity contribution in [2.75, 3.05) is 26.7 Å². The summed E-state index contributed by atoms with van der Waals surface area (Å²) in [7, 11) is 1.48. The first-order valence-corrected chi connectivity index (χ1v) is 10.9. The number of benzene rings is 2. The Morgan fingerprint density at radius 3 is 2.41 bits per heavy atom. The first kappa shape index (κ1) is 24.9. The van der Waals surface area contributed by atoms with Crippen molar-refractivity contribution in [2.24, 2.45) is 0 Å². The summed E-state index contributed by atoms with van der Waals surface area (Å²) in [6.45, 7) is 5.83. The number of aromatic hydroxyl groups is 1. The molecule has 1 fully saturated rings. The van der Waals surface area contributed by atoms with Gasteiger partial charge in [0.1, 0.15) is 23.6 Å². The van der Waals surface area contributed by atoms with Crippen molar-refractivity contribution in [3.8, 4) is 11.5 Å². The highest BCUT2D eigenvalue weighted by molar-refractivity contribution is 5.88. The van der Waals surface area contributed by atoms with Crippen LogP contribution < -0.4 is 4.74 Å². The van der Waals surface area contributed by atoms with Crippen LogP contribution in [0.5, 0.6) is 11.5 Å². The van der Waals surface area contributed by atoms with Gasteiger partial charge in [-0.15, -0.1) is 0 Å². The van der Waals surface area contributed by atoms with Crippen molar-refractivity contribution >= 4 is 18.0 Å². The molecule has 0 aromatic heterocycles. The molecule has 2 N–H and O–H groups in total. The highest BCUT2D eigenvalue weighted by atomic mass is 16.6. The minimum atomic E-state index is -0.996. The zero-order valence-electron chi connectivity index (χ0n) is 19.8. The normalized spacial score (nSPS) is 13.7. The molecule has 0 bridgehead atoms. The molecule has 0 radical (unpaired) electrons. The van der Waals surface area contributed by atoms with Crippen LogP contribution in [0.4, 0.5) is 4.79 Å². The Bertz CT molecular complexity index is 1070. The standard InChI is InChI=1S/C25H30N2O7/c1-25(2,3)34-24(32)27(12-18-8-9-20(33-4)11-21(18)28)15-22(29)26-13-19(14-26)16-6-5-7-17(10-16)23(30)31/h5-11,19,28H,12-15H2,1-4H3,(H,30,31). The van der Waals surface area contributed by atoms with Gasteiger partial charge in [-0.2, -0.15) is 0 Å². The number of rotatable bonds is 7. The molecule has 1 aliphatic rings. The van der Waals surface area contributed by atoms with Gasteiger partial charge in [0.2, 0.25) is 5.91 Å². The Hall–Kier alpha value is -3.75. The van der Waals surface area contributed by atoms with Gasteiger partial charge in [-0.25, -0.2) is 9.59 Å². The predicted octanol–water partition coefficient (Wildman–Crippen LogP) is 3.46. The van der Waals surface area contributed by atoms with Crippen molar-refractivity contribution in [1.29, 1.82) is 0 Å². The summed E-state index contributed by atoms with van der Waals surface area (Å²) >= 11 is 0. The van der Waals surface area contributed by atoms with Crippen LogP contribution in [-0.2, 0) is 16.1 Å². The highest BCUT2D eigenvalue weighted by Gasteiger charge is 2.34. The second-order valence-corrected chi connectivity index (χ2v) is 9.26. The molecule has 34 heavy (non-hydrogen) atoms. The van der Waals surface area contributed by atoms with E-state index in [1.165, 1.54) is 24.1 Å². The van der Waals surface area contributed by atoms with Crippen LogP contribution in [0.3, 0.4) is 0 Å². The molecule has 9 nitrogen and oxygen atoms in total. The zero-order chi connectivity index (χ0) is 25.0. The van der Waals surface area contributed by atoms with Crippen LogP contribution in [0, 0.1) is 0 Å². The van der Waals surface area contributed by atoms with Crippen LogP contribution in [0.2, 0.25) is 0 Å². The number of hydrogen-bond acceptors (Lipinski definition) is 6. The van der Waals surface area contributed by atoms with Crippen LogP contribution in [0.25, 0.3) is 0 Å². The summed E-state index contributed by atoms with van der Waals surface area (Å²) < 4.78 is 10.6. The number of aromatic carboxylic acids is 1. The topological polar surface area (TPSA) is 117 Å². The number of nitrogens with zero attached hydrogens (tertiary/aromatic N) is 2. The minimum Gasteiger partial charge on any atom is -0.507 e. The number of carboxylic acid groups (broad SMARTS) is 1. The lowest BCUT2D eigenvalue weighted by Crippen LogP contribution is -2.52. The second kappa shape index (κ2) is 10.0. The van der Waals surface area contributed by atoms with E-state index in [9.17, 15) is 24.6 Å². The number of carboxylic acids is 1. The van der Waals surface area contributed by atoms with Crippen LogP contribution in [-0.4, -0.2) is 70.3 Å². The molecule has 3 rings (SSSR count). The van der Waals surface area contributed by atoms with Crippen molar-refractivity contribution in [3.05, 3.63) is 59.2 Å². The Balaban J connectivity index is 1.68. The van der Waals surface area contributed by atoms with Crippen LogP contribution in [0.15, 0.2) is 42.5 Å². The average Bonchev–Trinajstić information content (AvgIpc) is 2.72. The number of ether oxygens (including phenoxy) is 2. The molecular weight excluding hydrogens is 440 g/mol. The highest BCUT2D eigenvalue weighted by Crippen LogP contribution is 2.29. The third kappa shape index (κ3) is 6.18. The molecule has 182 valence electrons. The summed E-state index contributed by atoms with van der Waals surface area (Å²) in [6, 6.07) is 11.4. The third-order valence-corrected chi connectivity index (χ3v) is 5.47. The number of hydrogen-bond donors (Lipinski definition) is 2. The van der Waals surface area contributed by atoms with E-state index in [4.69, 9.17) is 9.47 Å². The van der Waals surface area contributed by atoms with Crippen molar-refractivity contribution < 1.29 is 34.1 Å². The predicted molar refractivity (Wildman–Crippen MR) is 124 cm³/mol. The molecule has 2 aromatic carbocycles. The van der Waals surface area contributed by atoms with E-state index >= 15 is 0 Å². The van der Waals surface area contributed by atoms with Crippen molar-refractivity contribution in [1.82, 2.24) is 9.80 Å². The third-order valence-electron chi connectivity index (χ3n) is 5.47. The minimum absolute atomic E-state index is 0.0194. The number of methoxy groups -OCH3 is 1. The van der Waals surface area contributed by atoms with E-state index in [1.807, 2.05) is 6.07 Å². The van der Waals surface area contributed by atoms with E-state index in [-0.39, 0.29) is 36.2 Å². The molecular formula is C25H30N2O7. The van der Waals surface area contributed by atoms with Gasteiger partial charge in [-0.3, -0.25) is 9.69 Å². The lowest BCUT2D eigenvalue weighted by molar-refractivity contribution is -0.137. The quantitative estimate of drug-likeness (QED) is 0.636. The molecule has 1 saturated heterocycles. The Labute approximate surface area is 198 Å². The SMILES string of the molecule is COc1ccc(CN(CC(=O)N2CC(c3cccc(C(=O)O)c3)C2)C(=O)OC(C)(C)C)c(O)c1. The van der Waals surface area contributed by atoms with Gasteiger partial charge in [0.05, 0.1) is 19.2 Å². The van der Waals surface area contributed by atoms with E-state index in [0.29, 0.717) is 24.4 Å². The van der Waals surface area contributed by atoms with Gasteiger partial charge in [0.25, 0.3) is 0 Å². The number of amides is 2. The monoisotopic (exact) mass is 470 g/mol. The van der Waals surface area contributed by atoms with E-state index in [2.05, 4.69) is 0 Å². The molecule has 0 spiro atoms. The van der Waals surface area contributed by atoms with E-state index in [1.54, 1.807) is 49.9 Å². The molecule has 1 heterocycles. The fourth-order valence-corrected chi connectivity index (χ4v) is 3.60. The molecule has 2 amide bonds. The lowest BCUT2D eigenvalue weighted by atomic mass is 9.90. The number of phenols is 1. The number of phenolic OH excluding ortho intramolecular Hbond substituents is 1. The van der Waals surface area contributed by atoms with Gasteiger partial charge < -0.3 is 24.6 Å². The fraction of sp³-hybridized carbons (Fsp3) is 0.400. The smallest absolute Gasteiger partial charge is 0.411 e. The van der Waals surface area contributed by atoms with Crippen LogP contribution in [0.1, 0.15) is 48.2 Å². The Morgan fingerprint density at radius 1 is 1.12 bits per heavy atom. The van der Waals surface area contributed by atoms with Crippen molar-refractivity contribution in [3.63, 3.8) is 0 Å². The summed E-state index contributed by atoms with van der Waals surface area (Å²) in [6.07, 6.45) is -0.665. The largest absolute Gasteiger partial charge is 0.507 e. The average molecular weight is 471 g/mol. The maximum atomic E-state index is 12.9. The lowest BCUT2D eigenvalue weighted by Gasteiger charge is -2.40. The number of carbonyl (C=O) groups is 3. The van der Waals surface area contributed by atoms with Gasteiger partial charge in [-0.05, 0) is 50.6 Å². The summed E-state index contributed by atoms with van der Waals surface area (Å²) in [4.78, 5) is 39.8. The van der Waals surface area contributed by atoms with Gasteiger partial charge in [0, 0.05) is 30.6 Å².